The average molecular weight is 215 g/mol. The molecule has 4 unspecified atom stereocenters. The van der Waals surface area contributed by atoms with Crippen LogP contribution in [0, 0.1) is 11.8 Å². The number of hydrogen-bond acceptors (Lipinski definition) is 1. The molecule has 0 N–H and O–H groups in total. The Morgan fingerprint density at radius 2 is 2.14 bits per heavy atom. The van der Waals surface area contributed by atoms with E-state index in [0.717, 1.165) is 19.4 Å². The normalized spacial score (nSPS) is 31.9. The first-order valence-corrected chi connectivity index (χ1v) is 6.23. The van der Waals surface area contributed by atoms with Gasteiger partial charge in [0.25, 0.3) is 0 Å². The van der Waals surface area contributed by atoms with Gasteiger partial charge in [0.1, 0.15) is 0 Å². The molecule has 0 aliphatic heterocycles. The topological polar surface area (TPSA) is 20.3 Å². The van der Waals surface area contributed by atoms with Gasteiger partial charge in [-0.15, -0.1) is 9.24 Å². The van der Waals surface area contributed by atoms with E-state index in [0.29, 0.717) is 17.5 Å². The fourth-order valence-electron chi connectivity index (χ4n) is 2.37. The Bertz CT molecular complexity index is 207. The number of amides is 1. The fourth-order valence-corrected chi connectivity index (χ4v) is 3.09. The van der Waals surface area contributed by atoms with Crippen LogP contribution in [0.5, 0.6) is 0 Å². The van der Waals surface area contributed by atoms with E-state index in [2.05, 4.69) is 23.1 Å². The van der Waals surface area contributed by atoms with Crippen molar-refractivity contribution >= 4 is 15.1 Å². The summed E-state index contributed by atoms with van der Waals surface area (Å²) >= 11 is 0. The second-order valence-electron chi connectivity index (χ2n) is 4.58. The highest BCUT2D eigenvalue weighted by atomic mass is 31.0. The Balaban J connectivity index is 2.52. The van der Waals surface area contributed by atoms with Crippen LogP contribution in [0.3, 0.4) is 0 Å². The number of carbonyl (C=O) groups excluding carboxylic acids is 1. The molecule has 0 saturated heterocycles. The summed E-state index contributed by atoms with van der Waals surface area (Å²) in [7, 11) is 4.78. The molecular formula is C11H22NOP. The molecule has 0 aromatic rings. The monoisotopic (exact) mass is 215 g/mol. The van der Waals surface area contributed by atoms with Gasteiger partial charge in [0.15, 0.2) is 0 Å². The average Bonchev–Trinajstić information content (AvgIpc) is 2.44. The van der Waals surface area contributed by atoms with E-state index in [1.165, 1.54) is 6.42 Å². The molecule has 1 fully saturated rings. The van der Waals surface area contributed by atoms with Gasteiger partial charge in [0.05, 0.1) is 0 Å². The van der Waals surface area contributed by atoms with Crippen molar-refractivity contribution in [3.63, 3.8) is 0 Å². The minimum absolute atomic E-state index is 0.272. The SMILES string of the molecule is CCCN(C)C(=O)C1CC(P)CC1C. The Morgan fingerprint density at radius 3 is 2.57 bits per heavy atom. The molecule has 0 aromatic heterocycles. The summed E-state index contributed by atoms with van der Waals surface area (Å²) in [6.45, 7) is 5.20. The van der Waals surface area contributed by atoms with Crippen LogP contribution in [0.1, 0.15) is 33.1 Å². The first-order valence-electron chi connectivity index (χ1n) is 5.56. The van der Waals surface area contributed by atoms with Crippen molar-refractivity contribution < 1.29 is 4.79 Å². The first kappa shape index (κ1) is 12.0. The summed E-state index contributed by atoms with van der Waals surface area (Å²) in [5.41, 5.74) is 0.647. The van der Waals surface area contributed by atoms with Crippen LogP contribution in [0.2, 0.25) is 0 Å². The minimum Gasteiger partial charge on any atom is -0.346 e. The summed E-state index contributed by atoms with van der Waals surface area (Å²) in [5, 5.41) is 0. The molecule has 0 aromatic carbocycles. The highest BCUT2D eigenvalue weighted by Gasteiger charge is 2.35. The van der Waals surface area contributed by atoms with Gasteiger partial charge in [-0.1, -0.05) is 13.8 Å². The molecular weight excluding hydrogens is 193 g/mol. The third-order valence-electron chi connectivity index (χ3n) is 3.17. The lowest BCUT2D eigenvalue weighted by Gasteiger charge is -2.22. The summed E-state index contributed by atoms with van der Waals surface area (Å²) in [6.07, 6.45) is 3.29. The van der Waals surface area contributed by atoms with E-state index in [9.17, 15) is 4.79 Å². The standard InChI is InChI=1S/C11H22NOP/c1-4-5-12(3)11(13)10-7-9(14)6-8(10)2/h8-10H,4-7,14H2,1-3H3. The molecule has 0 radical (unpaired) electrons. The second-order valence-corrected chi connectivity index (χ2v) is 5.52. The number of hydrogen-bond donors (Lipinski definition) is 0. The van der Waals surface area contributed by atoms with Gasteiger partial charge in [-0.2, -0.15) is 0 Å². The summed E-state index contributed by atoms with van der Waals surface area (Å²) < 4.78 is 0. The lowest BCUT2D eigenvalue weighted by Crippen LogP contribution is -2.34. The number of carbonyl (C=O) groups is 1. The molecule has 1 aliphatic carbocycles. The van der Waals surface area contributed by atoms with E-state index in [1.54, 1.807) is 0 Å². The molecule has 82 valence electrons. The molecule has 3 heteroatoms. The molecule has 1 aliphatic rings. The molecule has 1 amide bonds. The zero-order valence-electron chi connectivity index (χ0n) is 9.49. The first-order chi connectivity index (χ1) is 6.56. The minimum atomic E-state index is 0.272. The van der Waals surface area contributed by atoms with Crippen LogP contribution in [-0.2, 0) is 4.79 Å². The largest absolute Gasteiger partial charge is 0.346 e. The van der Waals surface area contributed by atoms with E-state index in [1.807, 2.05) is 11.9 Å². The van der Waals surface area contributed by atoms with Crippen molar-refractivity contribution in [1.82, 2.24) is 4.90 Å². The molecule has 1 saturated carbocycles. The second kappa shape index (κ2) is 5.11. The van der Waals surface area contributed by atoms with Gasteiger partial charge < -0.3 is 4.90 Å². The van der Waals surface area contributed by atoms with Crippen molar-refractivity contribution in [2.45, 2.75) is 38.8 Å². The van der Waals surface area contributed by atoms with Gasteiger partial charge in [-0.3, -0.25) is 4.79 Å². The summed E-state index contributed by atoms with van der Waals surface area (Å²) in [6, 6.07) is 0. The predicted molar refractivity (Wildman–Crippen MR) is 63.3 cm³/mol. The van der Waals surface area contributed by atoms with Crippen LogP contribution in [0.15, 0.2) is 0 Å². The van der Waals surface area contributed by atoms with Gasteiger partial charge in [0, 0.05) is 19.5 Å². The third-order valence-corrected chi connectivity index (χ3v) is 3.71. The van der Waals surface area contributed by atoms with Crippen molar-refractivity contribution in [3.8, 4) is 0 Å². The Morgan fingerprint density at radius 1 is 1.50 bits per heavy atom. The summed E-state index contributed by atoms with van der Waals surface area (Å²) in [4.78, 5) is 13.9. The van der Waals surface area contributed by atoms with Gasteiger partial charge in [-0.25, -0.2) is 0 Å². The van der Waals surface area contributed by atoms with Gasteiger partial charge in [-0.05, 0) is 30.8 Å². The number of nitrogens with zero attached hydrogens (tertiary/aromatic N) is 1. The van der Waals surface area contributed by atoms with Gasteiger partial charge >= 0.3 is 0 Å². The van der Waals surface area contributed by atoms with E-state index >= 15 is 0 Å². The quantitative estimate of drug-likeness (QED) is 0.660. The lowest BCUT2D eigenvalue weighted by atomic mass is 9.97. The highest BCUT2D eigenvalue weighted by molar-refractivity contribution is 7.17. The van der Waals surface area contributed by atoms with Gasteiger partial charge in [0.2, 0.25) is 5.91 Å². The smallest absolute Gasteiger partial charge is 0.225 e. The third kappa shape index (κ3) is 2.70. The maximum atomic E-state index is 12.0. The molecule has 2 nitrogen and oxygen atoms in total. The Hall–Kier alpha value is -0.100. The van der Waals surface area contributed by atoms with Crippen molar-refractivity contribution in [1.29, 1.82) is 0 Å². The molecule has 0 spiro atoms. The maximum absolute atomic E-state index is 12.0. The number of rotatable bonds is 3. The zero-order chi connectivity index (χ0) is 10.7. The van der Waals surface area contributed by atoms with E-state index in [4.69, 9.17) is 0 Å². The van der Waals surface area contributed by atoms with Crippen LogP contribution in [0.25, 0.3) is 0 Å². The van der Waals surface area contributed by atoms with Crippen molar-refractivity contribution in [2.75, 3.05) is 13.6 Å². The van der Waals surface area contributed by atoms with Crippen LogP contribution in [0.4, 0.5) is 0 Å². The van der Waals surface area contributed by atoms with E-state index in [-0.39, 0.29) is 5.92 Å². The fraction of sp³-hybridized carbons (Fsp3) is 0.909. The highest BCUT2D eigenvalue weighted by Crippen LogP contribution is 2.36. The molecule has 0 heterocycles. The molecule has 0 bridgehead atoms. The predicted octanol–water partition coefficient (Wildman–Crippen LogP) is 2.14. The van der Waals surface area contributed by atoms with Crippen LogP contribution in [-0.4, -0.2) is 30.1 Å². The van der Waals surface area contributed by atoms with E-state index < -0.39 is 0 Å². The summed E-state index contributed by atoms with van der Waals surface area (Å²) in [5.74, 6) is 1.18. The Labute approximate surface area is 89.6 Å². The molecule has 1 rings (SSSR count). The van der Waals surface area contributed by atoms with Crippen LogP contribution >= 0.6 is 9.24 Å². The molecule has 14 heavy (non-hydrogen) atoms. The lowest BCUT2D eigenvalue weighted by molar-refractivity contribution is -0.135. The van der Waals surface area contributed by atoms with Crippen LogP contribution < -0.4 is 0 Å². The van der Waals surface area contributed by atoms with Crippen molar-refractivity contribution in [3.05, 3.63) is 0 Å². The molecule has 4 atom stereocenters. The van der Waals surface area contributed by atoms with Crippen molar-refractivity contribution in [2.24, 2.45) is 11.8 Å². The zero-order valence-corrected chi connectivity index (χ0v) is 10.6. The maximum Gasteiger partial charge on any atom is 0.225 e. The Kier molecular flexibility index (Phi) is 4.37.